The Bertz CT molecular complexity index is 4100. The molecule has 0 unspecified atom stereocenters. The lowest BCUT2D eigenvalue weighted by molar-refractivity contribution is 0.335. The number of hydrogen-bond acceptors (Lipinski definition) is 2. The van der Waals surface area contributed by atoms with Crippen LogP contribution in [0.1, 0.15) is 27.8 Å². The van der Waals surface area contributed by atoms with Crippen molar-refractivity contribution in [3.8, 4) is 11.1 Å². The van der Waals surface area contributed by atoms with Crippen LogP contribution >= 0.6 is 47.6 Å². The Morgan fingerprint density at radius 1 is 0.236 bits per heavy atom. The maximum Gasteiger partial charge on any atom is 0.273 e. The molecule has 522 valence electrons. The van der Waals surface area contributed by atoms with E-state index in [0.717, 1.165) is 4.47 Å². The van der Waals surface area contributed by atoms with Crippen LogP contribution in [-0.4, -0.2) is 31.1 Å². The van der Waals surface area contributed by atoms with Crippen LogP contribution in [0.25, 0.3) is 11.1 Å². The maximum atomic E-state index is 5.38. The van der Waals surface area contributed by atoms with Crippen molar-refractivity contribution >= 4 is 142 Å². The zero-order valence-electron chi connectivity index (χ0n) is 60.2. The first kappa shape index (κ1) is 78.9. The highest BCUT2D eigenvalue weighted by Gasteiger charge is 2.19. The van der Waals surface area contributed by atoms with Crippen molar-refractivity contribution in [2.45, 2.75) is 34.0 Å². The van der Waals surface area contributed by atoms with Crippen LogP contribution in [-0.2, 0) is 22.1 Å². The Morgan fingerprint density at radius 3 is 0.642 bits per heavy atom. The van der Waals surface area contributed by atoms with Crippen LogP contribution in [0.4, 0.5) is 0 Å². The minimum Gasteiger partial charge on any atom is -0.544 e. The van der Waals surface area contributed by atoms with E-state index in [1.165, 1.54) is 103 Å². The van der Waals surface area contributed by atoms with Gasteiger partial charge < -0.3 is 8.85 Å². The predicted molar refractivity (Wildman–Crippen MR) is 476 cm³/mol. The molecule has 0 atom stereocenters. The van der Waals surface area contributed by atoms with Crippen molar-refractivity contribution in [2.75, 3.05) is 0 Å². The van der Waals surface area contributed by atoms with Gasteiger partial charge in [0.2, 0.25) is 0 Å². The molecule has 2 radical (unpaired) electrons. The molecule has 0 saturated heterocycles. The summed E-state index contributed by atoms with van der Waals surface area (Å²) in [5.41, 5.74) is 8.81. The minimum absolute atomic E-state index is 0.298. The quantitative estimate of drug-likeness (QED) is 0.0593. The molecule has 0 saturated carbocycles. The third-order valence-corrected chi connectivity index (χ3v) is 27.8. The van der Waals surface area contributed by atoms with Crippen molar-refractivity contribution in [1.82, 2.24) is 0 Å². The maximum absolute atomic E-state index is 5.38. The van der Waals surface area contributed by atoms with Crippen molar-refractivity contribution in [2.24, 2.45) is 0 Å². The molecule has 0 aliphatic rings. The summed E-state index contributed by atoms with van der Waals surface area (Å²) in [6, 6.07) is 151. The first-order valence-electron chi connectivity index (χ1n) is 35.2. The summed E-state index contributed by atoms with van der Waals surface area (Å²) in [6.45, 7) is 7.65. The van der Waals surface area contributed by atoms with Gasteiger partial charge in [0.05, 0.1) is 13.2 Å². The molecule has 15 aromatic rings. The molecule has 0 spiro atoms. The molecule has 15 rings (SSSR count). The van der Waals surface area contributed by atoms with E-state index in [4.69, 9.17) is 8.85 Å². The lowest BCUT2D eigenvalue weighted by Crippen LogP contribution is -2.20. The molecule has 0 aromatic heterocycles. The summed E-state index contributed by atoms with van der Waals surface area (Å²) in [6.07, 6.45) is 7.36. The normalized spacial score (nSPS) is 10.4. The van der Waals surface area contributed by atoms with Gasteiger partial charge in [0, 0.05) is 4.47 Å². The van der Waals surface area contributed by atoms with Crippen molar-refractivity contribution < 1.29 is 8.85 Å². The fraction of sp³-hybridized carbons (Fsp3) is 0.0515. The summed E-state index contributed by atoms with van der Waals surface area (Å²) >= 11 is 3.41. The first-order chi connectivity index (χ1) is 52.2. The van der Waals surface area contributed by atoms with E-state index in [1.807, 2.05) is 6.07 Å². The van der Waals surface area contributed by atoms with Crippen LogP contribution in [0.5, 0.6) is 0 Å². The third kappa shape index (κ3) is 24.7. The molecule has 0 N–H and O–H groups in total. The largest absolute Gasteiger partial charge is 0.544 e. The molecule has 0 aliphatic carbocycles. The standard InChI is InChI=1S/4C18H15P.C16H17OSi.C9H10BrOSi/c4*1-4-10-16(11-5-1)19(17-12-6-2-7-13-17)18-14-8-3-9-15-18;1-12-5-4-6-14(9-12)15-7-8-16(11-17-18-3)13(2)10-15;1-7-5-9(10)4-3-8(7)6-11-12-2/h4*1-15H;4-10H,3,11H2,1-2H3;3-5H,2,6H2,1H3. The van der Waals surface area contributed by atoms with Gasteiger partial charge >= 0.3 is 0 Å². The lowest BCUT2D eigenvalue weighted by atomic mass is 9.99. The molecular weight excluding hydrogens is 1460 g/mol. The van der Waals surface area contributed by atoms with Gasteiger partial charge in [-0.15, -0.1) is 0 Å². The molecule has 0 heterocycles. The Balaban J connectivity index is 0.000000137. The number of rotatable bonds is 19. The van der Waals surface area contributed by atoms with Crippen molar-refractivity contribution in [1.29, 1.82) is 0 Å². The van der Waals surface area contributed by atoms with Crippen LogP contribution < -0.4 is 63.7 Å². The van der Waals surface area contributed by atoms with E-state index in [1.54, 1.807) is 0 Å². The highest BCUT2D eigenvalue weighted by atomic mass is 79.9. The topological polar surface area (TPSA) is 18.5 Å². The van der Waals surface area contributed by atoms with Crippen molar-refractivity contribution in [3.63, 3.8) is 0 Å². The highest BCUT2D eigenvalue weighted by molar-refractivity contribution is 9.10. The fourth-order valence-electron chi connectivity index (χ4n) is 11.7. The summed E-state index contributed by atoms with van der Waals surface area (Å²) in [5.74, 6) is 0. The number of benzene rings is 15. The van der Waals surface area contributed by atoms with Crippen LogP contribution in [0.15, 0.2) is 429 Å². The van der Waals surface area contributed by atoms with Gasteiger partial charge in [-0.25, -0.2) is 0 Å². The van der Waals surface area contributed by atoms with Crippen LogP contribution in [0, 0.1) is 20.8 Å². The van der Waals surface area contributed by atoms with E-state index in [9.17, 15) is 0 Å². The molecule has 0 bridgehead atoms. The third-order valence-electron chi connectivity index (χ3n) is 16.8. The van der Waals surface area contributed by atoms with Crippen molar-refractivity contribution in [3.05, 3.63) is 457 Å². The smallest absolute Gasteiger partial charge is 0.273 e. The van der Waals surface area contributed by atoms with Gasteiger partial charge in [0.15, 0.2) is 0 Å². The second-order valence-corrected chi connectivity index (χ2v) is 35.3. The molecule has 0 fully saturated rings. The molecule has 2 nitrogen and oxygen atoms in total. The van der Waals surface area contributed by atoms with Crippen LogP contribution in [0.3, 0.4) is 0 Å². The Hall–Kier alpha value is -9.73. The Morgan fingerprint density at radius 2 is 0.443 bits per heavy atom. The average molecular weight is 1540 g/mol. The number of hydrogen-bond donors (Lipinski definition) is 0. The van der Waals surface area contributed by atoms with Gasteiger partial charge in [-0.3, -0.25) is 0 Å². The molecule has 15 aromatic carbocycles. The molecule has 0 amide bonds. The van der Waals surface area contributed by atoms with Gasteiger partial charge in [-0.2, -0.15) is 0 Å². The summed E-state index contributed by atoms with van der Waals surface area (Å²) < 4.78 is 11.7. The predicted octanol–water partition coefficient (Wildman–Crippen LogP) is 19.6. The first-order valence-corrected chi connectivity index (χ1v) is 43.6. The molecule has 9 heteroatoms. The zero-order valence-corrected chi connectivity index (χ0v) is 67.4. The van der Waals surface area contributed by atoms with E-state index >= 15 is 0 Å². The van der Waals surface area contributed by atoms with E-state index < -0.39 is 31.7 Å². The Labute approximate surface area is 648 Å². The Kier molecular flexibility index (Phi) is 32.9. The van der Waals surface area contributed by atoms with E-state index in [0.29, 0.717) is 32.0 Å². The fourth-order valence-corrected chi connectivity index (χ4v) is 21.9. The number of halogens is 1. The molecule has 0 aliphatic heterocycles. The average Bonchev–Trinajstić information content (AvgIpc) is 0.912. The van der Waals surface area contributed by atoms with E-state index in [2.05, 4.69) is 468 Å². The van der Waals surface area contributed by atoms with Gasteiger partial charge in [-0.05, 0) is 162 Å². The second kappa shape index (κ2) is 44.3. The summed E-state index contributed by atoms with van der Waals surface area (Å²) in [4.78, 5) is 0. The minimum atomic E-state index is -0.446. The molecule has 106 heavy (non-hydrogen) atoms. The summed E-state index contributed by atoms with van der Waals surface area (Å²) in [7, 11) is -1.17. The monoisotopic (exact) mass is 1540 g/mol. The second-order valence-electron chi connectivity index (χ2n) is 24.3. The van der Waals surface area contributed by atoms with E-state index in [-0.39, 0.29) is 0 Å². The van der Waals surface area contributed by atoms with Crippen LogP contribution in [0.2, 0.25) is 0 Å². The SMILES string of the molecule is C=[Si]OCc1ccc(-c2cccc(C)c2)cc1C.C=[Si]OCc1ccc(Br)cc1C.c1ccc(P(c2ccccc2)c2ccccc2)cc1.c1ccc(P(c2ccccc2)c2ccccc2)cc1.c1ccc(P(c2ccccc2)c2ccccc2)cc1.c1ccc(P(c2ccccc2)c2ccccc2)cc1. The molecular formula is C97H87BrO2P4Si2. The van der Waals surface area contributed by atoms with Gasteiger partial charge in [0.25, 0.3) is 18.8 Å². The van der Waals surface area contributed by atoms with Gasteiger partial charge in [0.1, 0.15) is 0 Å². The zero-order chi connectivity index (χ0) is 73.6. The summed E-state index contributed by atoms with van der Waals surface area (Å²) in [5, 5.41) is 16.8. The highest BCUT2D eigenvalue weighted by Crippen LogP contribution is 2.36. The lowest BCUT2D eigenvalue weighted by Gasteiger charge is -2.18. The number of aryl methyl sites for hydroxylation is 3. The van der Waals surface area contributed by atoms with Gasteiger partial charge in [-0.1, -0.05) is 446 Å².